The summed E-state index contributed by atoms with van der Waals surface area (Å²) in [6, 6.07) is 0. The monoisotopic (exact) mass is 138 g/mol. The van der Waals surface area contributed by atoms with E-state index < -0.39 is 12.1 Å². The Balaban J connectivity index is 0. The molecule has 2 radical (unpaired) electrons. The molecular weight excluding hydrogens is 137 g/mol. The van der Waals surface area contributed by atoms with Gasteiger partial charge in [0.05, 0.1) is 0 Å². The summed E-state index contributed by atoms with van der Waals surface area (Å²) in [4.78, 5) is 8.90. The van der Waals surface area contributed by atoms with Gasteiger partial charge < -0.3 is 5.11 Å². The minimum Gasteiger partial charge on any atom is -0.475 e. The second-order valence-corrected chi connectivity index (χ2v) is 0.803. The molecule has 0 saturated heterocycles. The third kappa shape index (κ3) is 4.19. The van der Waals surface area contributed by atoms with Gasteiger partial charge in [0.25, 0.3) is 0 Å². The molecule has 0 rings (SSSR count). The zero-order chi connectivity index (χ0) is 6.08. The minimum atomic E-state index is -5.08. The average molecular weight is 138 g/mol. The summed E-state index contributed by atoms with van der Waals surface area (Å²) >= 11 is 0. The number of aliphatic carboxylic acids is 1. The van der Waals surface area contributed by atoms with Crippen molar-refractivity contribution < 1.29 is 23.1 Å². The van der Waals surface area contributed by atoms with Gasteiger partial charge in [0.2, 0.25) is 0 Å². The van der Waals surface area contributed by atoms with Gasteiger partial charge in [-0.25, -0.2) is 4.79 Å². The number of carbonyl (C=O) groups is 1. The van der Waals surface area contributed by atoms with Crippen LogP contribution in [-0.2, 0) is 4.79 Å². The summed E-state index contributed by atoms with van der Waals surface area (Å²) in [5.41, 5.74) is 0. The van der Waals surface area contributed by atoms with Crippen LogP contribution in [0.15, 0.2) is 0 Å². The average Bonchev–Trinajstić information content (AvgIpc) is 1.31. The Kier molecular flexibility index (Phi) is 4.27. The number of hydrogen-bond acceptors (Lipinski definition) is 1. The second kappa shape index (κ2) is 3.13. The highest BCUT2D eigenvalue weighted by molar-refractivity contribution is 5.75. The fourth-order valence-electron chi connectivity index (χ4n) is 0. The van der Waals surface area contributed by atoms with Crippen molar-refractivity contribution in [2.75, 3.05) is 0 Å². The van der Waals surface area contributed by atoms with Gasteiger partial charge in [-0.15, -0.1) is 0 Å². The van der Waals surface area contributed by atoms with Gasteiger partial charge in [0.1, 0.15) is 0 Å². The lowest BCUT2D eigenvalue weighted by Crippen LogP contribution is -2.21. The highest BCUT2D eigenvalue weighted by atomic mass is 24.3. The quantitative estimate of drug-likeness (QED) is 0.487. The van der Waals surface area contributed by atoms with Crippen LogP contribution in [-0.4, -0.2) is 40.3 Å². The van der Waals surface area contributed by atoms with E-state index in [4.69, 9.17) is 9.90 Å². The number of rotatable bonds is 0. The summed E-state index contributed by atoms with van der Waals surface area (Å²) in [7, 11) is 0. The Hall–Kier alpha value is 0.0262. The SMILES string of the molecule is O=C(O)C(F)(F)F.[Mg]. The van der Waals surface area contributed by atoms with Crippen LogP contribution < -0.4 is 0 Å². The molecular formula is C2HF3MgO2. The maximum absolute atomic E-state index is 10.6. The first-order valence-corrected chi connectivity index (χ1v) is 1.24. The molecule has 0 amide bonds. The van der Waals surface area contributed by atoms with Crippen molar-refractivity contribution in [3.63, 3.8) is 0 Å². The van der Waals surface area contributed by atoms with Crippen molar-refractivity contribution in [2.24, 2.45) is 0 Å². The first-order valence-electron chi connectivity index (χ1n) is 1.24. The molecule has 8 heavy (non-hydrogen) atoms. The fraction of sp³-hybridized carbons (Fsp3) is 0.500. The Labute approximate surface area is 58.8 Å². The number of halogens is 3. The van der Waals surface area contributed by atoms with E-state index in [0.29, 0.717) is 0 Å². The number of hydrogen-bond donors (Lipinski definition) is 1. The van der Waals surface area contributed by atoms with E-state index in [1.165, 1.54) is 0 Å². The zero-order valence-corrected chi connectivity index (χ0v) is 5.11. The molecule has 0 aliphatic carbocycles. The van der Waals surface area contributed by atoms with Crippen LogP contribution in [0.25, 0.3) is 0 Å². The van der Waals surface area contributed by atoms with Crippen LogP contribution in [0.1, 0.15) is 0 Å². The van der Waals surface area contributed by atoms with E-state index in [1.807, 2.05) is 0 Å². The Morgan fingerprint density at radius 1 is 1.38 bits per heavy atom. The van der Waals surface area contributed by atoms with Gasteiger partial charge in [-0.3, -0.25) is 0 Å². The van der Waals surface area contributed by atoms with Crippen LogP contribution in [0.5, 0.6) is 0 Å². The normalized spacial score (nSPS) is 9.88. The minimum absolute atomic E-state index is 0. The number of alkyl halides is 3. The third-order valence-electron chi connectivity index (χ3n) is 0.243. The van der Waals surface area contributed by atoms with Gasteiger partial charge in [-0.1, -0.05) is 0 Å². The van der Waals surface area contributed by atoms with E-state index in [2.05, 4.69) is 0 Å². The maximum Gasteiger partial charge on any atom is 0.490 e. The maximum atomic E-state index is 10.6. The lowest BCUT2D eigenvalue weighted by molar-refractivity contribution is -0.192. The third-order valence-corrected chi connectivity index (χ3v) is 0.243. The first kappa shape index (κ1) is 10.9. The van der Waals surface area contributed by atoms with Crippen LogP contribution >= 0.6 is 0 Å². The first-order chi connectivity index (χ1) is 2.94. The van der Waals surface area contributed by atoms with Crippen LogP contribution in [0.4, 0.5) is 13.2 Å². The largest absolute Gasteiger partial charge is 0.490 e. The second-order valence-electron chi connectivity index (χ2n) is 0.803. The fourth-order valence-corrected chi connectivity index (χ4v) is 0. The van der Waals surface area contributed by atoms with E-state index in [9.17, 15) is 13.2 Å². The van der Waals surface area contributed by atoms with Crippen molar-refractivity contribution in [3.8, 4) is 0 Å². The number of carboxylic acids is 1. The molecule has 0 aliphatic rings. The van der Waals surface area contributed by atoms with Crippen molar-refractivity contribution in [1.82, 2.24) is 0 Å². The topological polar surface area (TPSA) is 37.3 Å². The predicted octanol–water partition coefficient (Wildman–Crippen LogP) is 0.253. The Morgan fingerprint density at radius 3 is 1.50 bits per heavy atom. The standard InChI is InChI=1S/C2HF3O2.Mg/c3-2(4,5)1(6)7;/h(H,6,7);. The van der Waals surface area contributed by atoms with Crippen LogP contribution in [0.3, 0.4) is 0 Å². The molecule has 0 aliphatic heterocycles. The van der Waals surface area contributed by atoms with Crippen LogP contribution in [0, 0.1) is 0 Å². The molecule has 0 heterocycles. The molecule has 2 nitrogen and oxygen atoms in total. The lowest BCUT2D eigenvalue weighted by atomic mass is 10.7. The zero-order valence-electron chi connectivity index (χ0n) is 3.70. The Morgan fingerprint density at radius 2 is 1.50 bits per heavy atom. The van der Waals surface area contributed by atoms with Gasteiger partial charge >= 0.3 is 12.1 Å². The molecule has 0 spiro atoms. The van der Waals surface area contributed by atoms with Crippen molar-refractivity contribution in [1.29, 1.82) is 0 Å². The van der Waals surface area contributed by atoms with Gasteiger partial charge in [0, 0.05) is 23.1 Å². The molecule has 0 aromatic heterocycles. The molecule has 0 aromatic carbocycles. The molecule has 6 heteroatoms. The predicted molar refractivity (Wildman–Crippen MR) is 19.4 cm³/mol. The van der Waals surface area contributed by atoms with E-state index >= 15 is 0 Å². The van der Waals surface area contributed by atoms with Crippen molar-refractivity contribution in [3.05, 3.63) is 0 Å². The summed E-state index contributed by atoms with van der Waals surface area (Å²) < 4.78 is 31.7. The van der Waals surface area contributed by atoms with Gasteiger partial charge in [-0.2, -0.15) is 13.2 Å². The number of carboxylic acid groups (broad SMARTS) is 1. The summed E-state index contributed by atoms with van der Waals surface area (Å²) in [6.45, 7) is 0. The molecule has 0 bridgehead atoms. The molecule has 0 fully saturated rings. The molecule has 0 aromatic rings. The van der Waals surface area contributed by atoms with Crippen molar-refractivity contribution in [2.45, 2.75) is 6.18 Å². The smallest absolute Gasteiger partial charge is 0.475 e. The highest BCUT2D eigenvalue weighted by Crippen LogP contribution is 2.13. The lowest BCUT2D eigenvalue weighted by Gasteiger charge is -1.93. The van der Waals surface area contributed by atoms with Gasteiger partial charge in [0.15, 0.2) is 0 Å². The van der Waals surface area contributed by atoms with Crippen molar-refractivity contribution >= 4 is 29.0 Å². The molecule has 1 N–H and O–H groups in total. The molecule has 0 unspecified atom stereocenters. The summed E-state index contributed by atoms with van der Waals surface area (Å²) in [5.74, 6) is -2.76. The highest BCUT2D eigenvalue weighted by Gasteiger charge is 2.38. The molecule has 44 valence electrons. The molecule has 0 saturated carbocycles. The summed E-state index contributed by atoms with van der Waals surface area (Å²) in [5, 5.41) is 7.12. The van der Waals surface area contributed by atoms with E-state index in [0.717, 1.165) is 0 Å². The van der Waals surface area contributed by atoms with Crippen LogP contribution in [0.2, 0.25) is 0 Å². The van der Waals surface area contributed by atoms with E-state index in [-0.39, 0.29) is 23.1 Å². The molecule has 0 atom stereocenters. The van der Waals surface area contributed by atoms with E-state index in [1.54, 1.807) is 0 Å². The summed E-state index contributed by atoms with van der Waals surface area (Å²) in [6.07, 6.45) is -5.08. The Bertz CT molecular complexity index is 87.8. The van der Waals surface area contributed by atoms with Gasteiger partial charge in [-0.05, 0) is 0 Å².